The Morgan fingerprint density at radius 2 is 1.67 bits per heavy atom. The van der Waals surface area contributed by atoms with Crippen LogP contribution in [0.1, 0.15) is 49.9 Å². The minimum atomic E-state index is -1.36. The molecule has 1 saturated heterocycles. The number of rotatable bonds is 3. The molecule has 6 nitrogen and oxygen atoms in total. The SMILES string of the molecule is CC1COC(c2ccc(C(=O)C3C(=O)c4cccc(N)c4C3=O)cc2)OC1. The maximum absolute atomic E-state index is 12.8. The Bertz CT molecular complexity index is 926. The third kappa shape index (κ3) is 2.97. The highest BCUT2D eigenvalue weighted by Crippen LogP contribution is 2.33. The minimum Gasteiger partial charge on any atom is -0.398 e. The van der Waals surface area contributed by atoms with Crippen molar-refractivity contribution < 1.29 is 23.9 Å². The van der Waals surface area contributed by atoms with Crippen molar-refractivity contribution in [2.24, 2.45) is 11.8 Å². The highest BCUT2D eigenvalue weighted by molar-refractivity contribution is 6.39. The number of fused-ring (bicyclic) bond motifs is 1. The van der Waals surface area contributed by atoms with Gasteiger partial charge < -0.3 is 15.2 Å². The van der Waals surface area contributed by atoms with Gasteiger partial charge >= 0.3 is 0 Å². The van der Waals surface area contributed by atoms with Gasteiger partial charge in [0.2, 0.25) is 0 Å². The van der Waals surface area contributed by atoms with Crippen molar-refractivity contribution in [3.8, 4) is 0 Å². The predicted octanol–water partition coefficient (Wildman–Crippen LogP) is 2.83. The second-order valence-electron chi connectivity index (χ2n) is 7.02. The van der Waals surface area contributed by atoms with Gasteiger partial charge in [-0.1, -0.05) is 43.3 Å². The fourth-order valence-electron chi connectivity index (χ4n) is 3.47. The van der Waals surface area contributed by atoms with Gasteiger partial charge in [0.15, 0.2) is 23.6 Å². The Labute approximate surface area is 156 Å². The first kappa shape index (κ1) is 17.6. The van der Waals surface area contributed by atoms with Crippen molar-refractivity contribution in [3.63, 3.8) is 0 Å². The Morgan fingerprint density at radius 1 is 1.00 bits per heavy atom. The quantitative estimate of drug-likeness (QED) is 0.510. The predicted molar refractivity (Wildman–Crippen MR) is 97.6 cm³/mol. The summed E-state index contributed by atoms with van der Waals surface area (Å²) in [6, 6.07) is 11.3. The third-order valence-corrected chi connectivity index (χ3v) is 4.93. The Kier molecular flexibility index (Phi) is 4.37. The Hall–Kier alpha value is -2.83. The molecule has 1 aliphatic carbocycles. The van der Waals surface area contributed by atoms with Gasteiger partial charge in [0, 0.05) is 28.3 Å². The van der Waals surface area contributed by atoms with E-state index in [1.165, 1.54) is 6.07 Å². The van der Waals surface area contributed by atoms with Crippen LogP contribution in [-0.4, -0.2) is 30.6 Å². The molecule has 6 heteroatoms. The molecule has 2 aliphatic rings. The Morgan fingerprint density at radius 3 is 2.30 bits per heavy atom. The standard InChI is InChI=1S/C21H19NO5/c1-11-9-26-21(27-10-11)13-7-5-12(6-8-13)18(23)17-19(24)14-3-2-4-15(22)16(14)20(17)25/h2-8,11,17,21H,9-10,22H2,1H3. The van der Waals surface area contributed by atoms with Crippen LogP contribution in [0.15, 0.2) is 42.5 Å². The number of hydrogen-bond acceptors (Lipinski definition) is 6. The lowest BCUT2D eigenvalue weighted by Crippen LogP contribution is -2.26. The lowest BCUT2D eigenvalue weighted by molar-refractivity contribution is -0.202. The summed E-state index contributed by atoms with van der Waals surface area (Å²) >= 11 is 0. The maximum atomic E-state index is 12.8. The fourth-order valence-corrected chi connectivity index (χ4v) is 3.47. The number of nitrogens with two attached hydrogens (primary N) is 1. The topological polar surface area (TPSA) is 95.7 Å². The van der Waals surface area contributed by atoms with Crippen LogP contribution >= 0.6 is 0 Å². The van der Waals surface area contributed by atoms with Gasteiger partial charge in [0.1, 0.15) is 5.92 Å². The molecule has 0 aromatic heterocycles. The molecule has 0 amide bonds. The molecule has 1 aliphatic heterocycles. The number of nitrogen functional groups attached to an aromatic ring is 1. The van der Waals surface area contributed by atoms with Gasteiger partial charge in [-0.05, 0) is 6.07 Å². The number of anilines is 1. The van der Waals surface area contributed by atoms with Crippen molar-refractivity contribution in [2.45, 2.75) is 13.2 Å². The lowest BCUT2D eigenvalue weighted by Gasteiger charge is -2.27. The van der Waals surface area contributed by atoms with Gasteiger partial charge in [0.05, 0.1) is 18.8 Å². The van der Waals surface area contributed by atoms with E-state index >= 15 is 0 Å². The molecule has 0 bridgehead atoms. The molecule has 4 rings (SSSR count). The zero-order valence-corrected chi connectivity index (χ0v) is 14.8. The second kappa shape index (κ2) is 6.72. The fraction of sp³-hybridized carbons (Fsp3) is 0.286. The molecule has 27 heavy (non-hydrogen) atoms. The average molecular weight is 365 g/mol. The molecule has 0 saturated carbocycles. The highest BCUT2D eigenvalue weighted by Gasteiger charge is 2.44. The van der Waals surface area contributed by atoms with Crippen LogP contribution in [0.25, 0.3) is 0 Å². The van der Waals surface area contributed by atoms with E-state index in [0.29, 0.717) is 24.7 Å². The molecule has 2 aromatic rings. The number of Topliss-reactive ketones (excluding diaryl/α,β-unsaturated/α-hetero) is 3. The lowest BCUT2D eigenvalue weighted by atomic mass is 9.92. The van der Waals surface area contributed by atoms with Crippen LogP contribution in [0, 0.1) is 11.8 Å². The van der Waals surface area contributed by atoms with Crippen molar-refractivity contribution in [1.82, 2.24) is 0 Å². The third-order valence-electron chi connectivity index (χ3n) is 4.93. The van der Waals surface area contributed by atoms with Gasteiger partial charge in [-0.25, -0.2) is 0 Å². The molecule has 0 spiro atoms. The van der Waals surface area contributed by atoms with Gasteiger partial charge in [-0.15, -0.1) is 0 Å². The first-order valence-electron chi connectivity index (χ1n) is 8.81. The monoisotopic (exact) mass is 365 g/mol. The molecule has 1 heterocycles. The molecular formula is C21H19NO5. The summed E-state index contributed by atoms with van der Waals surface area (Å²) in [5, 5.41) is 0. The second-order valence-corrected chi connectivity index (χ2v) is 7.02. The average Bonchev–Trinajstić information content (AvgIpc) is 2.94. The number of ether oxygens (including phenoxy) is 2. The van der Waals surface area contributed by atoms with Crippen molar-refractivity contribution >= 4 is 23.0 Å². The van der Waals surface area contributed by atoms with E-state index in [1.54, 1.807) is 36.4 Å². The molecule has 138 valence electrons. The van der Waals surface area contributed by atoms with E-state index in [-0.39, 0.29) is 16.8 Å². The van der Waals surface area contributed by atoms with Crippen LogP contribution in [0.3, 0.4) is 0 Å². The summed E-state index contributed by atoms with van der Waals surface area (Å²) in [6.45, 7) is 3.25. The first-order valence-corrected chi connectivity index (χ1v) is 8.81. The van der Waals surface area contributed by atoms with Gasteiger partial charge in [-0.2, -0.15) is 0 Å². The summed E-state index contributed by atoms with van der Waals surface area (Å²) in [7, 11) is 0. The van der Waals surface area contributed by atoms with Gasteiger partial charge in [0.25, 0.3) is 0 Å². The number of carbonyl (C=O) groups is 3. The zero-order valence-electron chi connectivity index (χ0n) is 14.8. The van der Waals surface area contributed by atoms with E-state index < -0.39 is 29.6 Å². The maximum Gasteiger partial charge on any atom is 0.184 e. The van der Waals surface area contributed by atoms with Crippen molar-refractivity contribution in [1.29, 1.82) is 0 Å². The van der Waals surface area contributed by atoms with E-state index in [4.69, 9.17) is 15.2 Å². The van der Waals surface area contributed by atoms with Crippen molar-refractivity contribution in [2.75, 3.05) is 18.9 Å². The summed E-state index contributed by atoms with van der Waals surface area (Å²) in [4.78, 5) is 38.0. The van der Waals surface area contributed by atoms with Crippen LogP contribution < -0.4 is 5.73 Å². The van der Waals surface area contributed by atoms with Crippen LogP contribution in [0.4, 0.5) is 5.69 Å². The largest absolute Gasteiger partial charge is 0.398 e. The minimum absolute atomic E-state index is 0.149. The first-order chi connectivity index (χ1) is 13.0. The molecule has 2 N–H and O–H groups in total. The van der Waals surface area contributed by atoms with Gasteiger partial charge in [-0.3, -0.25) is 14.4 Å². The number of carbonyl (C=O) groups excluding carboxylic acids is 3. The van der Waals surface area contributed by atoms with Crippen LogP contribution in [0.2, 0.25) is 0 Å². The smallest absolute Gasteiger partial charge is 0.184 e. The van der Waals surface area contributed by atoms with E-state index in [2.05, 4.69) is 0 Å². The van der Waals surface area contributed by atoms with Crippen LogP contribution in [-0.2, 0) is 9.47 Å². The van der Waals surface area contributed by atoms with E-state index in [9.17, 15) is 14.4 Å². The molecule has 2 aromatic carbocycles. The summed E-state index contributed by atoms with van der Waals surface area (Å²) in [6.07, 6.45) is -0.468. The number of benzene rings is 2. The number of ketones is 3. The number of hydrogen-bond donors (Lipinski definition) is 1. The molecule has 1 atom stereocenters. The molecule has 1 unspecified atom stereocenters. The van der Waals surface area contributed by atoms with E-state index in [1.807, 2.05) is 6.92 Å². The Balaban J connectivity index is 1.56. The normalized spacial score (nSPS) is 24.7. The summed E-state index contributed by atoms with van der Waals surface area (Å²) in [5.74, 6) is -2.57. The summed E-state index contributed by atoms with van der Waals surface area (Å²) in [5.41, 5.74) is 7.49. The van der Waals surface area contributed by atoms with E-state index in [0.717, 1.165) is 5.56 Å². The molecular weight excluding hydrogens is 346 g/mol. The van der Waals surface area contributed by atoms with Crippen molar-refractivity contribution in [3.05, 3.63) is 64.7 Å². The summed E-state index contributed by atoms with van der Waals surface area (Å²) < 4.78 is 11.3. The zero-order chi connectivity index (χ0) is 19.1. The van der Waals surface area contributed by atoms with Crippen LogP contribution in [0.5, 0.6) is 0 Å². The molecule has 1 fully saturated rings. The molecule has 0 radical (unpaired) electrons. The highest BCUT2D eigenvalue weighted by atomic mass is 16.7.